The summed E-state index contributed by atoms with van der Waals surface area (Å²) in [5.41, 5.74) is 0.830. The van der Waals surface area contributed by atoms with Crippen molar-refractivity contribution in [1.82, 2.24) is 9.78 Å². The van der Waals surface area contributed by atoms with Gasteiger partial charge < -0.3 is 0 Å². The molecule has 0 radical (unpaired) electrons. The van der Waals surface area contributed by atoms with Crippen molar-refractivity contribution in [2.75, 3.05) is 5.75 Å². The number of rotatable bonds is 3. The fourth-order valence-electron chi connectivity index (χ4n) is 0.928. The van der Waals surface area contributed by atoms with E-state index in [1.165, 1.54) is 0 Å². The van der Waals surface area contributed by atoms with Crippen LogP contribution in [-0.2, 0) is 22.5 Å². The molecule has 1 heterocycles. The lowest BCUT2D eigenvalue weighted by Crippen LogP contribution is -2.05. The van der Waals surface area contributed by atoms with Crippen molar-refractivity contribution in [1.29, 1.82) is 0 Å². The Hall–Kier alpha value is -0.0700. The second kappa shape index (κ2) is 3.98. The van der Waals surface area contributed by atoms with Crippen LogP contribution in [0.4, 0.5) is 0 Å². The van der Waals surface area contributed by atoms with E-state index in [9.17, 15) is 8.42 Å². The summed E-state index contributed by atoms with van der Waals surface area (Å²) in [6, 6.07) is 1.77. The summed E-state index contributed by atoms with van der Waals surface area (Å²) in [5.74, 6) is -0.0689. The van der Waals surface area contributed by atoms with Gasteiger partial charge in [0.1, 0.15) is 4.60 Å². The Morgan fingerprint density at radius 1 is 1.69 bits per heavy atom. The molecule has 1 aromatic rings. The van der Waals surface area contributed by atoms with Crippen molar-refractivity contribution >= 4 is 35.7 Å². The molecule has 0 saturated heterocycles. The van der Waals surface area contributed by atoms with Gasteiger partial charge in [-0.2, -0.15) is 5.10 Å². The van der Waals surface area contributed by atoms with Gasteiger partial charge >= 0.3 is 0 Å². The number of halogens is 2. The summed E-state index contributed by atoms with van der Waals surface area (Å²) in [6.07, 6.45) is 0.376. The first kappa shape index (κ1) is 11.0. The number of hydrogen-bond acceptors (Lipinski definition) is 3. The molecule has 1 aromatic heterocycles. The van der Waals surface area contributed by atoms with Crippen molar-refractivity contribution in [3.05, 3.63) is 16.4 Å². The first-order valence-electron chi connectivity index (χ1n) is 3.49. The molecule has 74 valence electrons. The van der Waals surface area contributed by atoms with Crippen LogP contribution >= 0.6 is 26.6 Å². The van der Waals surface area contributed by atoms with Crippen LogP contribution in [0.5, 0.6) is 0 Å². The first-order chi connectivity index (χ1) is 5.88. The normalized spacial score (nSPS) is 11.9. The zero-order chi connectivity index (χ0) is 10.1. The lowest BCUT2D eigenvalue weighted by Gasteiger charge is -1.98. The van der Waals surface area contributed by atoms with E-state index in [1.807, 2.05) is 0 Å². The maximum atomic E-state index is 10.6. The van der Waals surface area contributed by atoms with Gasteiger partial charge in [0.25, 0.3) is 0 Å². The second-order valence-electron chi connectivity index (χ2n) is 2.57. The van der Waals surface area contributed by atoms with E-state index in [2.05, 4.69) is 21.0 Å². The van der Waals surface area contributed by atoms with Gasteiger partial charge in [-0.3, -0.25) is 4.68 Å². The number of aryl methyl sites for hydroxylation is 2. The number of aromatic nitrogens is 2. The average molecular weight is 288 g/mol. The van der Waals surface area contributed by atoms with Gasteiger partial charge in [-0.25, -0.2) is 8.42 Å². The van der Waals surface area contributed by atoms with Crippen LogP contribution in [0.2, 0.25) is 0 Å². The molecule has 0 aliphatic heterocycles. The Bertz CT molecular complexity index is 401. The molecule has 0 bridgehead atoms. The predicted octanol–water partition coefficient (Wildman–Crippen LogP) is 1.29. The van der Waals surface area contributed by atoms with Crippen LogP contribution < -0.4 is 0 Å². The van der Waals surface area contributed by atoms with E-state index in [-0.39, 0.29) is 5.75 Å². The molecule has 13 heavy (non-hydrogen) atoms. The summed E-state index contributed by atoms with van der Waals surface area (Å²) in [5, 5.41) is 4.01. The zero-order valence-electron chi connectivity index (χ0n) is 6.87. The molecule has 0 aromatic carbocycles. The van der Waals surface area contributed by atoms with Crippen molar-refractivity contribution in [3.8, 4) is 0 Å². The molecule has 0 fully saturated rings. The minimum Gasteiger partial charge on any atom is -0.271 e. The fourth-order valence-corrected chi connectivity index (χ4v) is 2.11. The van der Waals surface area contributed by atoms with E-state index < -0.39 is 9.05 Å². The van der Waals surface area contributed by atoms with Gasteiger partial charge in [0, 0.05) is 29.8 Å². The molecule has 0 unspecified atom stereocenters. The van der Waals surface area contributed by atoms with Crippen molar-refractivity contribution in [3.63, 3.8) is 0 Å². The van der Waals surface area contributed by atoms with Gasteiger partial charge in [-0.15, -0.1) is 0 Å². The highest BCUT2D eigenvalue weighted by atomic mass is 79.9. The minimum absolute atomic E-state index is 0.0689. The summed E-state index contributed by atoms with van der Waals surface area (Å²) < 4.78 is 23.6. The number of hydrogen-bond donors (Lipinski definition) is 0. The quantitative estimate of drug-likeness (QED) is 0.787. The fraction of sp³-hybridized carbons (Fsp3) is 0.500. The molecule has 0 saturated carbocycles. The van der Waals surface area contributed by atoms with Gasteiger partial charge in [0.2, 0.25) is 9.05 Å². The van der Waals surface area contributed by atoms with E-state index in [0.29, 0.717) is 11.0 Å². The molecule has 0 spiro atoms. The van der Waals surface area contributed by atoms with Gasteiger partial charge in [0.15, 0.2) is 0 Å². The van der Waals surface area contributed by atoms with E-state index in [0.717, 1.165) is 5.69 Å². The maximum Gasteiger partial charge on any atom is 0.232 e. The Morgan fingerprint density at radius 3 is 2.69 bits per heavy atom. The van der Waals surface area contributed by atoms with Crippen LogP contribution in [0.15, 0.2) is 10.7 Å². The molecular formula is C6H8BrClN2O2S. The predicted molar refractivity (Wildman–Crippen MR) is 54.3 cm³/mol. The van der Waals surface area contributed by atoms with Crippen LogP contribution in [0.3, 0.4) is 0 Å². The first-order valence-corrected chi connectivity index (χ1v) is 6.76. The van der Waals surface area contributed by atoms with Crippen molar-refractivity contribution in [2.45, 2.75) is 6.42 Å². The van der Waals surface area contributed by atoms with E-state index >= 15 is 0 Å². The topological polar surface area (TPSA) is 52.0 Å². The largest absolute Gasteiger partial charge is 0.271 e. The van der Waals surface area contributed by atoms with Gasteiger partial charge in [-0.1, -0.05) is 0 Å². The highest BCUT2D eigenvalue weighted by molar-refractivity contribution is 9.10. The summed E-state index contributed by atoms with van der Waals surface area (Å²) >= 11 is 3.19. The summed E-state index contributed by atoms with van der Waals surface area (Å²) in [6.45, 7) is 0. The highest BCUT2D eigenvalue weighted by Gasteiger charge is 2.09. The Balaban J connectivity index is 2.70. The Morgan fingerprint density at radius 2 is 2.31 bits per heavy atom. The van der Waals surface area contributed by atoms with Crippen LogP contribution in [0.1, 0.15) is 5.69 Å². The Kier molecular flexibility index (Phi) is 3.37. The zero-order valence-corrected chi connectivity index (χ0v) is 10.0. The molecule has 7 heteroatoms. The Labute approximate surface area is 89.4 Å². The third-order valence-electron chi connectivity index (χ3n) is 1.55. The third kappa shape index (κ3) is 3.66. The molecule has 1 rings (SSSR count). The molecule has 4 nitrogen and oxygen atoms in total. The van der Waals surface area contributed by atoms with Crippen LogP contribution in [-0.4, -0.2) is 24.0 Å². The molecule has 0 atom stereocenters. The smallest absolute Gasteiger partial charge is 0.232 e. The minimum atomic E-state index is -3.41. The molecular weight excluding hydrogens is 280 g/mol. The van der Waals surface area contributed by atoms with Crippen molar-refractivity contribution < 1.29 is 8.42 Å². The monoisotopic (exact) mass is 286 g/mol. The maximum absolute atomic E-state index is 10.6. The average Bonchev–Trinajstić information content (AvgIpc) is 2.24. The second-order valence-corrected chi connectivity index (χ2v) is 6.28. The SMILES string of the molecule is Cn1nc(Br)cc1CCS(=O)(=O)Cl. The standard InChI is InChI=1S/C6H8BrClN2O2S/c1-10-5(4-6(7)9-10)2-3-13(8,11)12/h4H,2-3H2,1H3. The lowest BCUT2D eigenvalue weighted by molar-refractivity contribution is 0.607. The highest BCUT2D eigenvalue weighted by Crippen LogP contribution is 2.11. The van der Waals surface area contributed by atoms with Gasteiger partial charge in [0.05, 0.1) is 5.75 Å². The molecule has 0 aliphatic rings. The van der Waals surface area contributed by atoms with Crippen molar-refractivity contribution in [2.24, 2.45) is 7.05 Å². The van der Waals surface area contributed by atoms with E-state index in [1.54, 1.807) is 17.8 Å². The molecule has 0 amide bonds. The van der Waals surface area contributed by atoms with Crippen LogP contribution in [0, 0.1) is 0 Å². The number of nitrogens with zero attached hydrogens (tertiary/aromatic N) is 2. The summed E-state index contributed by atoms with van der Waals surface area (Å²) in [7, 11) is 3.41. The van der Waals surface area contributed by atoms with E-state index in [4.69, 9.17) is 10.7 Å². The van der Waals surface area contributed by atoms with Crippen LogP contribution in [0.25, 0.3) is 0 Å². The molecule has 0 N–H and O–H groups in total. The third-order valence-corrected chi connectivity index (χ3v) is 3.09. The molecule has 0 aliphatic carbocycles. The van der Waals surface area contributed by atoms with Gasteiger partial charge in [-0.05, 0) is 22.0 Å². The lowest BCUT2D eigenvalue weighted by atomic mass is 10.3. The summed E-state index contributed by atoms with van der Waals surface area (Å²) in [4.78, 5) is 0.